The average Bonchev–Trinajstić information content (AvgIpc) is 2.66. The van der Waals surface area contributed by atoms with Gasteiger partial charge in [-0.05, 0) is 19.8 Å². The number of carbonyl (C=O) groups is 3. The summed E-state index contributed by atoms with van der Waals surface area (Å²) in [7, 11) is 0. The summed E-state index contributed by atoms with van der Waals surface area (Å²) in [5, 5.41) is 5.22. The standard InChI is InChI=1S/C14H25N3O4/c1-10(21-12(18)8-9-16-14(15)20)13(19)17-11-6-4-2-3-5-7-11/h10-11H,2-9H2,1H3,(H,17,19)(H3,15,16,20)/t10-/m0/s1. The van der Waals surface area contributed by atoms with Crippen molar-refractivity contribution in [3.05, 3.63) is 0 Å². The molecule has 3 amide bonds. The summed E-state index contributed by atoms with van der Waals surface area (Å²) in [4.78, 5) is 33.9. The predicted molar refractivity (Wildman–Crippen MR) is 77.4 cm³/mol. The van der Waals surface area contributed by atoms with Crippen molar-refractivity contribution in [2.24, 2.45) is 5.73 Å². The molecule has 7 heteroatoms. The highest BCUT2D eigenvalue weighted by Gasteiger charge is 2.21. The molecule has 0 aromatic carbocycles. The van der Waals surface area contributed by atoms with Crippen molar-refractivity contribution in [1.82, 2.24) is 10.6 Å². The van der Waals surface area contributed by atoms with E-state index in [0.29, 0.717) is 0 Å². The molecule has 120 valence electrons. The Bertz CT molecular complexity index is 365. The van der Waals surface area contributed by atoms with Crippen molar-refractivity contribution in [2.75, 3.05) is 6.54 Å². The molecule has 1 aliphatic carbocycles. The third kappa shape index (κ3) is 7.53. The molecule has 0 spiro atoms. The Morgan fingerprint density at radius 2 is 1.81 bits per heavy atom. The molecule has 0 unspecified atom stereocenters. The van der Waals surface area contributed by atoms with E-state index in [1.807, 2.05) is 0 Å². The number of esters is 1. The van der Waals surface area contributed by atoms with Gasteiger partial charge in [-0.1, -0.05) is 25.7 Å². The zero-order valence-electron chi connectivity index (χ0n) is 12.5. The smallest absolute Gasteiger partial charge is 0.312 e. The van der Waals surface area contributed by atoms with Gasteiger partial charge in [-0.25, -0.2) is 4.79 Å². The average molecular weight is 299 g/mol. The highest BCUT2D eigenvalue weighted by atomic mass is 16.5. The van der Waals surface area contributed by atoms with Crippen LogP contribution in [0, 0.1) is 0 Å². The lowest BCUT2D eigenvalue weighted by Crippen LogP contribution is -2.42. The Kier molecular flexibility index (Phi) is 7.56. The largest absolute Gasteiger partial charge is 0.452 e. The Morgan fingerprint density at radius 3 is 2.38 bits per heavy atom. The number of nitrogens with one attached hydrogen (secondary N) is 2. The fourth-order valence-electron chi connectivity index (χ4n) is 2.34. The minimum Gasteiger partial charge on any atom is -0.452 e. The summed E-state index contributed by atoms with van der Waals surface area (Å²) in [6.45, 7) is 1.65. The summed E-state index contributed by atoms with van der Waals surface area (Å²) in [6.07, 6.45) is 5.80. The highest BCUT2D eigenvalue weighted by molar-refractivity contribution is 5.83. The zero-order valence-corrected chi connectivity index (χ0v) is 12.5. The minimum atomic E-state index is -0.825. The quantitative estimate of drug-likeness (QED) is 0.498. The van der Waals surface area contributed by atoms with Crippen LogP contribution in [-0.2, 0) is 14.3 Å². The van der Waals surface area contributed by atoms with Crippen molar-refractivity contribution in [3.8, 4) is 0 Å². The Hall–Kier alpha value is -1.79. The molecule has 1 atom stereocenters. The van der Waals surface area contributed by atoms with Crippen LogP contribution >= 0.6 is 0 Å². The van der Waals surface area contributed by atoms with Gasteiger partial charge in [-0.2, -0.15) is 0 Å². The van der Waals surface area contributed by atoms with Crippen LogP contribution < -0.4 is 16.4 Å². The van der Waals surface area contributed by atoms with E-state index in [4.69, 9.17) is 10.5 Å². The second kappa shape index (κ2) is 9.20. The van der Waals surface area contributed by atoms with E-state index >= 15 is 0 Å². The minimum absolute atomic E-state index is 0.00993. The number of amides is 3. The molecule has 0 heterocycles. The molecule has 1 fully saturated rings. The Morgan fingerprint density at radius 1 is 1.19 bits per heavy atom. The number of hydrogen-bond donors (Lipinski definition) is 3. The first-order valence-corrected chi connectivity index (χ1v) is 7.52. The molecular weight excluding hydrogens is 274 g/mol. The second-order valence-electron chi connectivity index (χ2n) is 5.37. The van der Waals surface area contributed by atoms with Crippen LogP contribution in [-0.4, -0.2) is 36.6 Å². The van der Waals surface area contributed by atoms with E-state index in [-0.39, 0.29) is 24.9 Å². The molecule has 0 saturated heterocycles. The fourth-order valence-corrected chi connectivity index (χ4v) is 2.34. The Balaban J connectivity index is 2.26. The number of ether oxygens (including phenoxy) is 1. The molecule has 1 saturated carbocycles. The van der Waals surface area contributed by atoms with Gasteiger partial charge in [0.15, 0.2) is 6.10 Å². The van der Waals surface area contributed by atoms with Crippen LogP contribution in [0.25, 0.3) is 0 Å². The number of rotatable bonds is 6. The van der Waals surface area contributed by atoms with Crippen molar-refractivity contribution in [2.45, 2.75) is 64.0 Å². The molecule has 21 heavy (non-hydrogen) atoms. The van der Waals surface area contributed by atoms with Gasteiger partial charge < -0.3 is 21.1 Å². The zero-order chi connectivity index (χ0) is 15.7. The maximum Gasteiger partial charge on any atom is 0.312 e. The highest BCUT2D eigenvalue weighted by Crippen LogP contribution is 2.17. The first-order valence-electron chi connectivity index (χ1n) is 7.52. The van der Waals surface area contributed by atoms with Crippen LogP contribution in [0.5, 0.6) is 0 Å². The summed E-state index contributed by atoms with van der Waals surface area (Å²) in [5.74, 6) is -0.801. The molecular formula is C14H25N3O4. The van der Waals surface area contributed by atoms with Crippen LogP contribution in [0.3, 0.4) is 0 Å². The molecule has 0 aliphatic heterocycles. The van der Waals surface area contributed by atoms with Gasteiger partial charge in [0.1, 0.15) is 0 Å². The third-order valence-electron chi connectivity index (χ3n) is 3.51. The number of carbonyl (C=O) groups excluding carboxylic acids is 3. The van der Waals surface area contributed by atoms with E-state index < -0.39 is 18.1 Å². The Labute approximate surface area is 125 Å². The predicted octanol–water partition coefficient (Wildman–Crippen LogP) is 0.816. The topological polar surface area (TPSA) is 111 Å². The molecule has 7 nitrogen and oxygen atoms in total. The molecule has 0 aromatic heterocycles. The van der Waals surface area contributed by atoms with Crippen molar-refractivity contribution >= 4 is 17.9 Å². The van der Waals surface area contributed by atoms with Gasteiger partial charge in [0, 0.05) is 12.6 Å². The van der Waals surface area contributed by atoms with Gasteiger partial charge >= 0.3 is 12.0 Å². The maximum absolute atomic E-state index is 12.0. The first kappa shape index (κ1) is 17.3. The number of nitrogens with two attached hydrogens (primary N) is 1. The number of hydrogen-bond acceptors (Lipinski definition) is 4. The van der Waals surface area contributed by atoms with E-state index in [0.717, 1.165) is 25.7 Å². The van der Waals surface area contributed by atoms with E-state index in [1.165, 1.54) is 12.8 Å². The van der Waals surface area contributed by atoms with Crippen LogP contribution in [0.1, 0.15) is 51.9 Å². The van der Waals surface area contributed by atoms with Gasteiger partial charge in [-0.15, -0.1) is 0 Å². The lowest BCUT2D eigenvalue weighted by molar-refractivity contribution is -0.155. The van der Waals surface area contributed by atoms with Crippen molar-refractivity contribution in [1.29, 1.82) is 0 Å². The first-order chi connectivity index (χ1) is 9.99. The molecule has 1 aliphatic rings. The normalized spacial score (nSPS) is 17.4. The van der Waals surface area contributed by atoms with Gasteiger partial charge in [0.2, 0.25) is 0 Å². The summed E-state index contributed by atoms with van der Waals surface area (Å²) < 4.78 is 5.02. The summed E-state index contributed by atoms with van der Waals surface area (Å²) in [6, 6.07) is -0.514. The molecule has 4 N–H and O–H groups in total. The molecule has 1 rings (SSSR count). The van der Waals surface area contributed by atoms with Crippen LogP contribution in [0.4, 0.5) is 4.79 Å². The molecule has 0 radical (unpaired) electrons. The lowest BCUT2D eigenvalue weighted by atomic mass is 10.1. The van der Waals surface area contributed by atoms with Crippen LogP contribution in [0.2, 0.25) is 0 Å². The molecule has 0 bridgehead atoms. The summed E-state index contributed by atoms with van der Waals surface area (Å²) >= 11 is 0. The monoisotopic (exact) mass is 299 g/mol. The third-order valence-corrected chi connectivity index (χ3v) is 3.51. The van der Waals surface area contributed by atoms with Gasteiger partial charge in [0.05, 0.1) is 6.42 Å². The van der Waals surface area contributed by atoms with Crippen molar-refractivity contribution in [3.63, 3.8) is 0 Å². The van der Waals surface area contributed by atoms with E-state index in [2.05, 4.69) is 10.6 Å². The second-order valence-corrected chi connectivity index (χ2v) is 5.37. The number of urea groups is 1. The van der Waals surface area contributed by atoms with E-state index in [1.54, 1.807) is 6.92 Å². The number of primary amides is 1. The molecule has 0 aromatic rings. The van der Waals surface area contributed by atoms with Gasteiger partial charge in [-0.3, -0.25) is 9.59 Å². The fraction of sp³-hybridized carbons (Fsp3) is 0.786. The van der Waals surface area contributed by atoms with E-state index in [9.17, 15) is 14.4 Å². The van der Waals surface area contributed by atoms with Crippen LogP contribution in [0.15, 0.2) is 0 Å². The SMILES string of the molecule is C[C@H](OC(=O)CCNC(N)=O)C(=O)NC1CCCCCC1. The van der Waals surface area contributed by atoms with Gasteiger partial charge in [0.25, 0.3) is 5.91 Å². The maximum atomic E-state index is 12.0. The summed E-state index contributed by atoms with van der Waals surface area (Å²) in [5.41, 5.74) is 4.88. The lowest BCUT2D eigenvalue weighted by Gasteiger charge is -2.19. The van der Waals surface area contributed by atoms with Crippen molar-refractivity contribution < 1.29 is 19.1 Å².